The van der Waals surface area contributed by atoms with Crippen LogP contribution in [0.1, 0.15) is 56.6 Å². The summed E-state index contributed by atoms with van der Waals surface area (Å²) in [5.74, 6) is 0.563. The minimum atomic E-state index is -0.133. The van der Waals surface area contributed by atoms with Gasteiger partial charge in [0.1, 0.15) is 0 Å². The molecule has 3 aromatic carbocycles. The summed E-state index contributed by atoms with van der Waals surface area (Å²) in [5, 5.41) is 2.88. The largest absolute Gasteiger partial charge is 0.435 e. The Balaban J connectivity index is 0.000000520. The maximum Gasteiger partial charge on any atom is 0.276 e. The fourth-order valence-corrected chi connectivity index (χ4v) is 3.90. The number of anilines is 1. The smallest absolute Gasteiger partial charge is 0.276 e. The van der Waals surface area contributed by atoms with Crippen LogP contribution in [-0.2, 0) is 4.79 Å². The highest BCUT2D eigenvalue weighted by Crippen LogP contribution is 2.31. The van der Waals surface area contributed by atoms with Gasteiger partial charge in [-0.05, 0) is 56.2 Å². The molecule has 0 spiro atoms. The Morgan fingerprint density at radius 3 is 1.87 bits per heavy atom. The molecule has 0 aliphatic heterocycles. The maximum atomic E-state index is 13.4. The predicted molar refractivity (Wildman–Crippen MR) is 159 cm³/mol. The first kappa shape index (κ1) is 29.4. The van der Waals surface area contributed by atoms with Crippen LogP contribution in [0.2, 0.25) is 0 Å². The highest BCUT2D eigenvalue weighted by Gasteiger charge is 2.26. The molecular weight excluding hydrogens is 486 g/mol. The number of carbonyl (C=O) groups excluding carboxylic acids is 2. The van der Waals surface area contributed by atoms with Crippen molar-refractivity contribution in [1.82, 2.24) is 9.88 Å². The minimum absolute atomic E-state index is 0.0468. The van der Waals surface area contributed by atoms with Gasteiger partial charge in [0.2, 0.25) is 11.8 Å². The van der Waals surface area contributed by atoms with Gasteiger partial charge in [0.15, 0.2) is 11.5 Å². The van der Waals surface area contributed by atoms with Crippen LogP contribution in [0, 0.1) is 12.8 Å². The van der Waals surface area contributed by atoms with E-state index in [0.29, 0.717) is 36.1 Å². The summed E-state index contributed by atoms with van der Waals surface area (Å²) < 4.78 is 6.13. The Bertz CT molecular complexity index is 1310. The Hall–Kier alpha value is -4.19. The lowest BCUT2D eigenvalue weighted by Gasteiger charge is -2.20. The first-order valence-corrected chi connectivity index (χ1v) is 13.6. The van der Waals surface area contributed by atoms with Crippen LogP contribution in [0.4, 0.5) is 5.69 Å². The second kappa shape index (κ2) is 14.7. The molecule has 1 aromatic heterocycles. The lowest BCUT2D eigenvalue weighted by Crippen LogP contribution is -2.33. The molecule has 4 aromatic rings. The Labute approximate surface area is 232 Å². The molecule has 204 valence electrons. The number of nitrogens with one attached hydrogen (secondary N) is 1. The topological polar surface area (TPSA) is 75.4 Å². The van der Waals surface area contributed by atoms with Crippen molar-refractivity contribution in [3.05, 3.63) is 96.2 Å². The zero-order chi connectivity index (χ0) is 28.2. The van der Waals surface area contributed by atoms with E-state index < -0.39 is 0 Å². The number of aryl methyl sites for hydroxylation is 1. The van der Waals surface area contributed by atoms with E-state index in [1.165, 1.54) is 5.56 Å². The summed E-state index contributed by atoms with van der Waals surface area (Å²) in [7, 11) is 0. The number of oxazole rings is 1. The molecule has 4 rings (SSSR count). The van der Waals surface area contributed by atoms with Crippen molar-refractivity contribution in [2.24, 2.45) is 5.92 Å². The average molecular weight is 526 g/mol. The van der Waals surface area contributed by atoms with Gasteiger partial charge >= 0.3 is 0 Å². The first-order valence-electron chi connectivity index (χ1n) is 13.6. The number of hydrogen-bond donors (Lipinski definition) is 1. The fourth-order valence-electron chi connectivity index (χ4n) is 3.90. The standard InChI is InChI=1S/C26H31N3O3.C7H8/c1-5-16-29(17-6-2)26(31)22-23(32-25(28-22)20-10-8-7-9-11-20)19-12-14-21(15-13-19)27-24(30)18(3)4;1-7-5-3-2-4-6-7/h7-15,18H,5-6,16-17H2,1-4H3,(H,27,30);2-6H,1H3. The van der Waals surface area contributed by atoms with Crippen LogP contribution >= 0.6 is 0 Å². The van der Waals surface area contributed by atoms with Crippen molar-refractivity contribution in [3.8, 4) is 22.8 Å². The molecule has 0 aliphatic rings. The number of rotatable bonds is 9. The molecule has 0 saturated carbocycles. The van der Waals surface area contributed by atoms with Crippen LogP contribution in [0.3, 0.4) is 0 Å². The molecule has 0 atom stereocenters. The number of aromatic nitrogens is 1. The normalized spacial score (nSPS) is 10.5. The highest BCUT2D eigenvalue weighted by atomic mass is 16.4. The van der Waals surface area contributed by atoms with Crippen molar-refractivity contribution in [2.75, 3.05) is 18.4 Å². The highest BCUT2D eigenvalue weighted by molar-refractivity contribution is 5.98. The Morgan fingerprint density at radius 2 is 1.38 bits per heavy atom. The quantitative estimate of drug-likeness (QED) is 0.241. The van der Waals surface area contributed by atoms with E-state index in [9.17, 15) is 9.59 Å². The van der Waals surface area contributed by atoms with Gasteiger partial charge in [-0.15, -0.1) is 0 Å². The van der Waals surface area contributed by atoms with Gasteiger partial charge in [-0.2, -0.15) is 0 Å². The van der Waals surface area contributed by atoms with Gasteiger partial charge in [0.05, 0.1) is 0 Å². The lowest BCUT2D eigenvalue weighted by atomic mass is 10.1. The van der Waals surface area contributed by atoms with Gasteiger partial charge in [-0.3, -0.25) is 9.59 Å². The average Bonchev–Trinajstić information content (AvgIpc) is 3.40. The summed E-state index contributed by atoms with van der Waals surface area (Å²) in [6.45, 7) is 11.2. The molecule has 6 heteroatoms. The predicted octanol–water partition coefficient (Wildman–Crippen LogP) is 7.86. The maximum absolute atomic E-state index is 13.4. The van der Waals surface area contributed by atoms with Crippen molar-refractivity contribution < 1.29 is 14.0 Å². The first-order chi connectivity index (χ1) is 18.8. The monoisotopic (exact) mass is 525 g/mol. The summed E-state index contributed by atoms with van der Waals surface area (Å²) in [5.41, 5.74) is 3.87. The van der Waals surface area contributed by atoms with Crippen LogP contribution in [0.25, 0.3) is 22.8 Å². The second-order valence-corrected chi connectivity index (χ2v) is 9.73. The number of benzene rings is 3. The molecule has 0 bridgehead atoms. The van der Waals surface area contributed by atoms with Crippen molar-refractivity contribution in [1.29, 1.82) is 0 Å². The Kier molecular flexibility index (Phi) is 11.0. The lowest BCUT2D eigenvalue weighted by molar-refractivity contribution is -0.118. The second-order valence-electron chi connectivity index (χ2n) is 9.73. The molecule has 1 N–H and O–H groups in total. The molecule has 39 heavy (non-hydrogen) atoms. The van der Waals surface area contributed by atoms with Crippen molar-refractivity contribution in [3.63, 3.8) is 0 Å². The van der Waals surface area contributed by atoms with E-state index in [1.807, 2.05) is 91.5 Å². The summed E-state index contributed by atoms with van der Waals surface area (Å²) in [4.78, 5) is 31.8. The third-order valence-electron chi connectivity index (χ3n) is 6.00. The van der Waals surface area contributed by atoms with Crippen LogP contribution in [0.5, 0.6) is 0 Å². The van der Waals surface area contributed by atoms with Gasteiger partial charge in [-0.1, -0.05) is 81.8 Å². The molecule has 6 nitrogen and oxygen atoms in total. The summed E-state index contributed by atoms with van der Waals surface area (Å²) in [6, 6.07) is 27.1. The van der Waals surface area contributed by atoms with Gasteiger partial charge in [0.25, 0.3) is 5.91 Å². The van der Waals surface area contributed by atoms with Crippen molar-refractivity contribution in [2.45, 2.75) is 47.5 Å². The SMILES string of the molecule is CCCN(CCC)C(=O)c1nc(-c2ccccc2)oc1-c1ccc(NC(=O)C(C)C)cc1.Cc1ccccc1. The summed E-state index contributed by atoms with van der Waals surface area (Å²) in [6.07, 6.45) is 1.74. The zero-order valence-corrected chi connectivity index (χ0v) is 23.6. The fraction of sp³-hybridized carbons (Fsp3) is 0.303. The van der Waals surface area contributed by atoms with Crippen LogP contribution < -0.4 is 5.32 Å². The van der Waals surface area contributed by atoms with E-state index in [1.54, 1.807) is 0 Å². The molecule has 0 saturated heterocycles. The number of hydrogen-bond acceptors (Lipinski definition) is 4. The summed E-state index contributed by atoms with van der Waals surface area (Å²) >= 11 is 0. The molecule has 2 amide bonds. The third-order valence-corrected chi connectivity index (χ3v) is 6.00. The van der Waals surface area contributed by atoms with Gasteiger partial charge in [-0.25, -0.2) is 4.98 Å². The van der Waals surface area contributed by atoms with E-state index in [-0.39, 0.29) is 17.7 Å². The van der Waals surface area contributed by atoms with Gasteiger partial charge in [0, 0.05) is 35.8 Å². The molecule has 0 unspecified atom stereocenters. The molecule has 1 heterocycles. The van der Waals surface area contributed by atoms with E-state index >= 15 is 0 Å². The number of nitrogens with zero attached hydrogens (tertiary/aromatic N) is 2. The van der Waals surface area contributed by atoms with E-state index in [2.05, 4.69) is 43.2 Å². The molecule has 0 fully saturated rings. The minimum Gasteiger partial charge on any atom is -0.435 e. The zero-order valence-electron chi connectivity index (χ0n) is 23.6. The van der Waals surface area contributed by atoms with E-state index in [4.69, 9.17) is 4.42 Å². The molecule has 0 radical (unpaired) electrons. The van der Waals surface area contributed by atoms with Crippen LogP contribution in [0.15, 0.2) is 89.3 Å². The number of carbonyl (C=O) groups is 2. The Morgan fingerprint density at radius 1 is 0.821 bits per heavy atom. The molecule has 0 aliphatic carbocycles. The van der Waals surface area contributed by atoms with Crippen molar-refractivity contribution >= 4 is 17.5 Å². The van der Waals surface area contributed by atoms with E-state index in [0.717, 1.165) is 24.0 Å². The molecular formula is C33H39N3O3. The third kappa shape index (κ3) is 8.40. The van der Waals surface area contributed by atoms with Gasteiger partial charge < -0.3 is 14.6 Å². The number of amides is 2. The van der Waals surface area contributed by atoms with Crippen LogP contribution in [-0.4, -0.2) is 34.8 Å².